The number of nitrogens with two attached hydrogens (primary N) is 1. The molecule has 2 amide bonds. The van der Waals surface area contributed by atoms with Crippen molar-refractivity contribution >= 4 is 17.6 Å². The number of aromatic nitrogens is 2. The van der Waals surface area contributed by atoms with Crippen LogP contribution < -0.4 is 5.73 Å². The van der Waals surface area contributed by atoms with E-state index in [1.54, 1.807) is 23.9 Å². The molecule has 1 fully saturated rings. The lowest BCUT2D eigenvalue weighted by Crippen LogP contribution is -2.33. The maximum Gasteiger partial charge on any atom is 0.232 e. The van der Waals surface area contributed by atoms with Crippen molar-refractivity contribution in [2.45, 2.75) is 19.9 Å². The van der Waals surface area contributed by atoms with Crippen molar-refractivity contribution in [3.05, 3.63) is 12.3 Å². The Morgan fingerprint density at radius 1 is 1.50 bits per heavy atom. The molecular formula is C10H14N4O2. The quantitative estimate of drug-likeness (QED) is 0.722. The summed E-state index contributed by atoms with van der Waals surface area (Å²) < 4.78 is 1.62. The molecular weight excluding hydrogens is 208 g/mol. The smallest absolute Gasteiger partial charge is 0.232 e. The number of amides is 2. The first kappa shape index (κ1) is 10.7. The van der Waals surface area contributed by atoms with Gasteiger partial charge in [0.05, 0.1) is 6.54 Å². The van der Waals surface area contributed by atoms with E-state index in [4.69, 9.17) is 5.73 Å². The number of nitrogens with zero attached hydrogens (tertiary/aromatic N) is 3. The lowest BCUT2D eigenvalue weighted by Gasteiger charge is -2.13. The maximum atomic E-state index is 11.6. The molecule has 1 aromatic heterocycles. The molecule has 16 heavy (non-hydrogen) atoms. The highest BCUT2D eigenvalue weighted by atomic mass is 16.2. The second-order valence-electron chi connectivity index (χ2n) is 3.99. The summed E-state index contributed by atoms with van der Waals surface area (Å²) in [7, 11) is 0. The molecule has 0 saturated carbocycles. The molecule has 6 nitrogen and oxygen atoms in total. The van der Waals surface area contributed by atoms with Gasteiger partial charge in [-0.3, -0.25) is 19.2 Å². The Hall–Kier alpha value is -1.85. The number of hydrogen-bond acceptors (Lipinski definition) is 4. The molecule has 0 spiro atoms. The van der Waals surface area contributed by atoms with E-state index in [0.717, 1.165) is 0 Å². The molecule has 1 atom stereocenters. The topological polar surface area (TPSA) is 81.2 Å². The van der Waals surface area contributed by atoms with Crippen molar-refractivity contribution in [1.82, 2.24) is 14.7 Å². The molecule has 0 bridgehead atoms. The summed E-state index contributed by atoms with van der Waals surface area (Å²) in [5.41, 5.74) is 5.46. The second-order valence-corrected chi connectivity index (χ2v) is 3.99. The van der Waals surface area contributed by atoms with E-state index >= 15 is 0 Å². The largest absolute Gasteiger partial charge is 0.382 e. The van der Waals surface area contributed by atoms with Crippen molar-refractivity contribution in [2.75, 3.05) is 12.3 Å². The van der Waals surface area contributed by atoms with Crippen LogP contribution in [0.3, 0.4) is 0 Å². The number of imide groups is 1. The van der Waals surface area contributed by atoms with Crippen molar-refractivity contribution in [3.8, 4) is 0 Å². The third-order valence-corrected chi connectivity index (χ3v) is 2.68. The van der Waals surface area contributed by atoms with Crippen molar-refractivity contribution < 1.29 is 9.59 Å². The van der Waals surface area contributed by atoms with Crippen LogP contribution in [0.25, 0.3) is 0 Å². The van der Waals surface area contributed by atoms with Crippen LogP contribution >= 0.6 is 0 Å². The molecule has 1 saturated heterocycles. The lowest BCUT2D eigenvalue weighted by atomic mass is 10.1. The SMILES string of the molecule is CC1CC(=O)N(CCn2ccc(N)n2)C1=O. The summed E-state index contributed by atoms with van der Waals surface area (Å²) in [6.07, 6.45) is 2.05. The third-order valence-electron chi connectivity index (χ3n) is 2.68. The van der Waals surface area contributed by atoms with Crippen LogP contribution in [0.2, 0.25) is 0 Å². The predicted molar refractivity (Wildman–Crippen MR) is 57.1 cm³/mol. The van der Waals surface area contributed by atoms with Crippen LogP contribution in [0.5, 0.6) is 0 Å². The Kier molecular flexibility index (Phi) is 2.64. The van der Waals surface area contributed by atoms with Gasteiger partial charge in [-0.2, -0.15) is 5.10 Å². The molecule has 1 aliphatic rings. The van der Waals surface area contributed by atoms with Crippen LogP contribution in [0.1, 0.15) is 13.3 Å². The van der Waals surface area contributed by atoms with Gasteiger partial charge in [0.1, 0.15) is 5.82 Å². The third kappa shape index (κ3) is 1.91. The fraction of sp³-hybridized carbons (Fsp3) is 0.500. The highest BCUT2D eigenvalue weighted by Gasteiger charge is 2.34. The summed E-state index contributed by atoms with van der Waals surface area (Å²) in [6.45, 7) is 2.62. The van der Waals surface area contributed by atoms with Gasteiger partial charge in [0.2, 0.25) is 11.8 Å². The molecule has 86 valence electrons. The van der Waals surface area contributed by atoms with Crippen molar-refractivity contribution in [3.63, 3.8) is 0 Å². The van der Waals surface area contributed by atoms with Gasteiger partial charge >= 0.3 is 0 Å². The van der Waals surface area contributed by atoms with E-state index < -0.39 is 0 Å². The number of nitrogen functional groups attached to an aromatic ring is 1. The Morgan fingerprint density at radius 3 is 2.75 bits per heavy atom. The Morgan fingerprint density at radius 2 is 2.25 bits per heavy atom. The van der Waals surface area contributed by atoms with Gasteiger partial charge in [-0.25, -0.2) is 0 Å². The summed E-state index contributed by atoms with van der Waals surface area (Å²) in [6, 6.07) is 1.68. The van der Waals surface area contributed by atoms with Gasteiger partial charge in [-0.05, 0) is 6.07 Å². The average Bonchev–Trinajstić information content (AvgIpc) is 2.72. The van der Waals surface area contributed by atoms with E-state index in [0.29, 0.717) is 25.3 Å². The van der Waals surface area contributed by atoms with Crippen LogP contribution in [-0.2, 0) is 16.1 Å². The summed E-state index contributed by atoms with van der Waals surface area (Å²) in [5.74, 6) is 0.0605. The zero-order valence-electron chi connectivity index (χ0n) is 9.09. The van der Waals surface area contributed by atoms with Crippen LogP contribution in [0.15, 0.2) is 12.3 Å². The number of likely N-dealkylation sites (tertiary alicyclic amines) is 1. The summed E-state index contributed by atoms with van der Waals surface area (Å²) in [4.78, 5) is 24.4. The van der Waals surface area contributed by atoms with Gasteiger partial charge in [-0.1, -0.05) is 6.92 Å². The highest BCUT2D eigenvalue weighted by Crippen LogP contribution is 2.18. The van der Waals surface area contributed by atoms with Crippen molar-refractivity contribution in [1.29, 1.82) is 0 Å². The minimum absolute atomic E-state index is 0.0925. The van der Waals surface area contributed by atoms with Crippen LogP contribution in [0, 0.1) is 5.92 Å². The number of carbonyl (C=O) groups excluding carboxylic acids is 2. The predicted octanol–water partition coefficient (Wildman–Crippen LogP) is -0.140. The first-order chi connectivity index (χ1) is 7.58. The highest BCUT2D eigenvalue weighted by molar-refractivity contribution is 6.03. The minimum atomic E-state index is -0.185. The van der Waals surface area contributed by atoms with E-state index in [2.05, 4.69) is 5.10 Å². The average molecular weight is 222 g/mol. The molecule has 0 radical (unpaired) electrons. The van der Waals surface area contributed by atoms with E-state index in [-0.39, 0.29) is 17.7 Å². The molecule has 0 aromatic carbocycles. The molecule has 2 N–H and O–H groups in total. The van der Waals surface area contributed by atoms with Gasteiger partial charge in [-0.15, -0.1) is 0 Å². The molecule has 1 aliphatic heterocycles. The van der Waals surface area contributed by atoms with Gasteiger partial charge in [0.15, 0.2) is 0 Å². The fourth-order valence-electron chi connectivity index (χ4n) is 1.79. The van der Waals surface area contributed by atoms with Crippen LogP contribution in [0.4, 0.5) is 5.82 Å². The standard InChI is InChI=1S/C10H14N4O2/c1-7-6-9(15)14(10(7)16)5-4-13-3-2-8(11)12-13/h2-3,7H,4-6H2,1H3,(H2,11,12). The Bertz CT molecular complexity index is 426. The fourth-order valence-corrected chi connectivity index (χ4v) is 1.79. The molecule has 1 unspecified atom stereocenters. The molecule has 6 heteroatoms. The monoisotopic (exact) mass is 222 g/mol. The Balaban J connectivity index is 1.95. The van der Waals surface area contributed by atoms with Crippen molar-refractivity contribution in [2.24, 2.45) is 5.92 Å². The van der Waals surface area contributed by atoms with E-state index in [1.807, 2.05) is 0 Å². The lowest BCUT2D eigenvalue weighted by molar-refractivity contribution is -0.139. The van der Waals surface area contributed by atoms with E-state index in [1.165, 1.54) is 4.90 Å². The van der Waals surface area contributed by atoms with Gasteiger partial charge in [0, 0.05) is 25.1 Å². The minimum Gasteiger partial charge on any atom is -0.382 e. The number of carbonyl (C=O) groups is 2. The first-order valence-electron chi connectivity index (χ1n) is 5.21. The first-order valence-corrected chi connectivity index (χ1v) is 5.21. The van der Waals surface area contributed by atoms with Crippen LogP contribution in [-0.4, -0.2) is 33.0 Å². The Labute approximate surface area is 93.0 Å². The van der Waals surface area contributed by atoms with E-state index in [9.17, 15) is 9.59 Å². The zero-order valence-corrected chi connectivity index (χ0v) is 9.09. The number of rotatable bonds is 3. The molecule has 2 rings (SSSR count). The molecule has 2 heterocycles. The second kappa shape index (κ2) is 3.96. The van der Waals surface area contributed by atoms with Gasteiger partial charge in [0.25, 0.3) is 0 Å². The maximum absolute atomic E-state index is 11.6. The molecule has 1 aromatic rings. The van der Waals surface area contributed by atoms with Gasteiger partial charge < -0.3 is 5.73 Å². The summed E-state index contributed by atoms with van der Waals surface area (Å²) in [5, 5.41) is 3.99. The summed E-state index contributed by atoms with van der Waals surface area (Å²) >= 11 is 0. The zero-order chi connectivity index (χ0) is 11.7. The number of anilines is 1. The number of hydrogen-bond donors (Lipinski definition) is 1. The molecule has 0 aliphatic carbocycles. The normalized spacial score (nSPS) is 20.8.